The van der Waals surface area contributed by atoms with Crippen LogP contribution in [0.2, 0.25) is 0 Å². The molecule has 0 fully saturated rings. The summed E-state index contributed by atoms with van der Waals surface area (Å²) in [7, 11) is 0. The van der Waals surface area contributed by atoms with Crippen molar-refractivity contribution < 1.29 is 23.0 Å². The topological polar surface area (TPSA) is 0 Å². The Bertz CT molecular complexity index is 606. The molecule has 1 aromatic rings. The fourth-order valence-corrected chi connectivity index (χ4v) is 5.28. The molecule has 1 unspecified atom stereocenters. The molecule has 1 aromatic carbocycles. The molecule has 2 aliphatic carbocycles. The third kappa shape index (κ3) is 9.88. The zero-order valence-electron chi connectivity index (χ0n) is 14.7. The first kappa shape index (κ1) is 20.3. The Hall–Kier alpha value is -0.733. The number of rotatable bonds is 2. The van der Waals surface area contributed by atoms with Crippen LogP contribution in [0.3, 0.4) is 0 Å². The van der Waals surface area contributed by atoms with E-state index in [1.54, 1.807) is 0 Å². The number of hydrogen-bond acceptors (Lipinski definition) is 0. The SMILES string of the molecule is CC1=CC(C)[C-]=C1.CC1=[C-]CC(C)=C1.[Hf+2]=[SiH]Cc1ccccc1. The maximum atomic E-state index is 3.19. The molecule has 0 nitrogen and oxygen atoms in total. The van der Waals surface area contributed by atoms with Crippen LogP contribution in [0.4, 0.5) is 0 Å². The first-order valence-corrected chi connectivity index (χ1v) is 15.7. The standard InChI is InChI=1S/C7H8Si.2C7H9.Hf/c8-6-7-4-2-1-3-5-7;2*1-6-3-4-7(2)5-6;/h1-5,8H,6H2;5H,3H2,1-2H3;3,5,7H,1-2H3;/q;2*-1;+2. The van der Waals surface area contributed by atoms with Crippen molar-refractivity contribution in [3.05, 3.63) is 83.0 Å². The maximum absolute atomic E-state index is 3.19. The molecule has 1 atom stereocenters. The Morgan fingerprint density at radius 2 is 1.87 bits per heavy atom. The van der Waals surface area contributed by atoms with E-state index in [0.717, 1.165) is 12.6 Å². The number of allylic oxidation sites excluding steroid dienone is 8. The van der Waals surface area contributed by atoms with E-state index >= 15 is 0 Å². The van der Waals surface area contributed by atoms with Crippen LogP contribution in [0.1, 0.15) is 39.7 Å². The van der Waals surface area contributed by atoms with Gasteiger partial charge in [-0.3, -0.25) is 12.2 Å². The first-order valence-electron chi connectivity index (χ1n) is 8.06. The summed E-state index contributed by atoms with van der Waals surface area (Å²) in [4.78, 5) is 0. The molecule has 2 aliphatic rings. The molecule has 0 spiro atoms. The second kappa shape index (κ2) is 11.7. The molecule has 3 rings (SSSR count). The van der Waals surface area contributed by atoms with E-state index in [0.29, 0.717) is 5.92 Å². The summed E-state index contributed by atoms with van der Waals surface area (Å²) in [5.74, 6) is 0.556. The van der Waals surface area contributed by atoms with Crippen molar-refractivity contribution in [1.29, 1.82) is 0 Å². The molecule has 0 N–H and O–H groups in total. The van der Waals surface area contributed by atoms with E-state index in [1.807, 2.05) is 6.08 Å². The molecular formula is C21H26HfSi. The summed E-state index contributed by atoms with van der Waals surface area (Å²) in [5.41, 5.74) is 5.57. The van der Waals surface area contributed by atoms with Crippen molar-refractivity contribution in [3.63, 3.8) is 0 Å². The molecule has 2 heteroatoms. The molecule has 0 radical (unpaired) electrons. The van der Waals surface area contributed by atoms with Crippen LogP contribution in [0, 0.1) is 18.1 Å². The Morgan fingerprint density at radius 3 is 2.17 bits per heavy atom. The monoisotopic (exact) mass is 486 g/mol. The van der Waals surface area contributed by atoms with Gasteiger partial charge < -0.3 is 0 Å². The minimum atomic E-state index is 0.556. The summed E-state index contributed by atoms with van der Waals surface area (Å²) < 4.78 is 0. The Labute approximate surface area is 157 Å². The molecule has 0 bridgehead atoms. The van der Waals surface area contributed by atoms with Gasteiger partial charge >= 0.3 is 71.2 Å². The van der Waals surface area contributed by atoms with Crippen LogP contribution in [0.15, 0.2) is 65.3 Å². The van der Waals surface area contributed by atoms with E-state index < -0.39 is 0 Å². The minimum absolute atomic E-state index is 0.556. The van der Waals surface area contributed by atoms with Crippen molar-refractivity contribution in [3.8, 4) is 0 Å². The van der Waals surface area contributed by atoms with Crippen molar-refractivity contribution in [2.24, 2.45) is 5.92 Å². The van der Waals surface area contributed by atoms with Crippen molar-refractivity contribution in [1.82, 2.24) is 0 Å². The number of benzene rings is 1. The summed E-state index contributed by atoms with van der Waals surface area (Å²) in [6, 6.07) is 12.1. The van der Waals surface area contributed by atoms with Gasteiger partial charge in [-0.25, -0.2) is 23.3 Å². The predicted octanol–water partition coefficient (Wildman–Crippen LogP) is 5.11. The van der Waals surface area contributed by atoms with Gasteiger partial charge in [0, 0.05) is 0 Å². The van der Waals surface area contributed by atoms with Gasteiger partial charge in [0.2, 0.25) is 0 Å². The molecule has 118 valence electrons. The quantitative estimate of drug-likeness (QED) is 0.404. The molecular weight excluding hydrogens is 459 g/mol. The third-order valence-electron chi connectivity index (χ3n) is 3.38. The van der Waals surface area contributed by atoms with Gasteiger partial charge in [-0.05, 0) is 0 Å². The van der Waals surface area contributed by atoms with Gasteiger partial charge in [-0.15, -0.1) is 13.3 Å². The van der Waals surface area contributed by atoms with Crippen LogP contribution in [0.25, 0.3) is 0 Å². The van der Waals surface area contributed by atoms with Gasteiger partial charge in [0.1, 0.15) is 0 Å². The molecule has 0 aromatic heterocycles. The van der Waals surface area contributed by atoms with Gasteiger partial charge in [0.05, 0.1) is 0 Å². The molecule has 0 saturated carbocycles. The average molecular weight is 485 g/mol. The Kier molecular flexibility index (Phi) is 10.4. The fourth-order valence-electron chi connectivity index (χ4n) is 2.24. The van der Waals surface area contributed by atoms with Crippen molar-refractivity contribution >= 4 is 6.22 Å². The normalized spacial score (nSPS) is 18.0. The van der Waals surface area contributed by atoms with E-state index in [-0.39, 0.29) is 0 Å². The zero-order chi connectivity index (χ0) is 17.1. The molecule has 0 heterocycles. The average Bonchev–Trinajstić information content (AvgIpc) is 3.09. The number of hydrogen-bond donors (Lipinski definition) is 0. The van der Waals surface area contributed by atoms with E-state index in [1.165, 1.54) is 51.3 Å². The predicted molar refractivity (Wildman–Crippen MR) is 98.8 cm³/mol. The van der Waals surface area contributed by atoms with Crippen molar-refractivity contribution in [2.75, 3.05) is 0 Å². The summed E-state index contributed by atoms with van der Waals surface area (Å²) in [5, 5.41) is 0. The Balaban J connectivity index is 0.000000175. The van der Waals surface area contributed by atoms with Gasteiger partial charge in [-0.2, -0.15) is 11.6 Å². The molecule has 0 aliphatic heterocycles. The second-order valence-corrected chi connectivity index (χ2v) is 11.1. The first-order chi connectivity index (χ1) is 11.0. The molecule has 23 heavy (non-hydrogen) atoms. The summed E-state index contributed by atoms with van der Waals surface area (Å²) in [6.07, 6.45) is 14.6. The zero-order valence-corrected chi connectivity index (χ0v) is 19.4. The molecule has 0 saturated heterocycles. The van der Waals surface area contributed by atoms with Crippen molar-refractivity contribution in [2.45, 2.75) is 40.2 Å². The van der Waals surface area contributed by atoms with Gasteiger partial charge in [0.25, 0.3) is 0 Å². The summed E-state index contributed by atoms with van der Waals surface area (Å²) >= 11 is 1.41. The van der Waals surface area contributed by atoms with E-state index in [2.05, 4.69) is 82.3 Å². The van der Waals surface area contributed by atoms with Gasteiger partial charge in [0.15, 0.2) is 0 Å². The second-order valence-electron chi connectivity index (χ2n) is 5.93. The van der Waals surface area contributed by atoms with Crippen LogP contribution >= 0.6 is 0 Å². The van der Waals surface area contributed by atoms with Crippen LogP contribution in [0.5, 0.6) is 0 Å². The summed E-state index contributed by atoms with van der Waals surface area (Å²) in [6.45, 7) is 8.43. The van der Waals surface area contributed by atoms with Gasteiger partial charge in [-0.1, -0.05) is 26.7 Å². The van der Waals surface area contributed by atoms with E-state index in [4.69, 9.17) is 0 Å². The Morgan fingerprint density at radius 1 is 1.17 bits per heavy atom. The van der Waals surface area contributed by atoms with Crippen LogP contribution in [-0.2, 0) is 29.0 Å². The van der Waals surface area contributed by atoms with Crippen LogP contribution < -0.4 is 0 Å². The third-order valence-corrected chi connectivity index (χ3v) is 6.25. The fraction of sp³-hybridized carbons (Fsp3) is 0.333. The molecule has 0 amide bonds. The van der Waals surface area contributed by atoms with E-state index in [9.17, 15) is 0 Å². The van der Waals surface area contributed by atoms with Crippen LogP contribution in [-0.4, -0.2) is 6.22 Å².